The molecule has 0 aromatic heterocycles. The van der Waals surface area contributed by atoms with E-state index in [1.165, 1.54) is 19.8 Å². The van der Waals surface area contributed by atoms with Crippen molar-refractivity contribution >= 4 is 11.4 Å². The van der Waals surface area contributed by atoms with Gasteiger partial charge in [-0.15, -0.1) is 0 Å². The summed E-state index contributed by atoms with van der Waals surface area (Å²) >= 11 is 0. The summed E-state index contributed by atoms with van der Waals surface area (Å²) in [5.41, 5.74) is 8.20. The largest absolute Gasteiger partial charge is 0.489 e. The maximum absolute atomic E-state index is 9.20. The monoisotopic (exact) mass is 588 g/mol. The molecule has 0 atom stereocenters. The van der Waals surface area contributed by atoms with Gasteiger partial charge in [-0.25, -0.2) is 0 Å². The van der Waals surface area contributed by atoms with Gasteiger partial charge < -0.3 is 19.1 Å². The Morgan fingerprint density at radius 2 is 1.07 bits per heavy atom. The molecule has 0 aliphatic carbocycles. The molecule has 0 bridgehead atoms. The number of nitriles is 2. The number of rotatable bonds is 10. The molecule has 0 N–H and O–H groups in total. The lowest BCUT2D eigenvalue weighted by molar-refractivity contribution is 0.214. The lowest BCUT2D eigenvalue weighted by Crippen LogP contribution is -2.06. The van der Waals surface area contributed by atoms with E-state index in [9.17, 15) is 10.5 Å². The molecule has 0 spiro atoms. The first-order valence-corrected chi connectivity index (χ1v) is 13.9. The Labute approximate surface area is 259 Å². The summed E-state index contributed by atoms with van der Waals surface area (Å²) in [6.45, 7) is 8.83. The van der Waals surface area contributed by atoms with E-state index < -0.39 is 0 Å². The van der Waals surface area contributed by atoms with Gasteiger partial charge in [-0.3, -0.25) is 0 Å². The van der Waals surface area contributed by atoms with Gasteiger partial charge in [0.2, 0.25) is 0 Å². The van der Waals surface area contributed by atoms with Crippen LogP contribution in [-0.2, 0) is 22.9 Å². The van der Waals surface area contributed by atoms with Crippen LogP contribution >= 0.6 is 0 Å². The first-order valence-electron chi connectivity index (χ1n) is 13.9. The van der Waals surface area contributed by atoms with Crippen LogP contribution in [0.4, 0.5) is 0 Å². The quantitative estimate of drug-likeness (QED) is 0.140. The molecule has 4 aromatic rings. The molecule has 8 nitrogen and oxygen atoms in total. The summed E-state index contributed by atoms with van der Waals surface area (Å²) in [6, 6.07) is 31.3. The fraction of sp³-hybridized carbons (Fsp3) is 0.222. The Bertz CT molecular complexity index is 1710. The fourth-order valence-electron chi connectivity index (χ4n) is 4.33. The minimum absolute atomic E-state index is 0.238. The normalized spacial score (nSPS) is 10.9. The fourth-order valence-corrected chi connectivity index (χ4v) is 4.33. The number of benzene rings is 4. The summed E-state index contributed by atoms with van der Waals surface area (Å²) in [4.78, 5) is 9.45. The highest BCUT2D eigenvalue weighted by Crippen LogP contribution is 2.23. The van der Waals surface area contributed by atoms with E-state index in [0.717, 1.165) is 50.4 Å². The molecule has 4 aromatic carbocycles. The molecule has 4 rings (SSSR count). The molecular formula is C36H36N4O4. The summed E-state index contributed by atoms with van der Waals surface area (Å²) in [5.74, 6) is 1.68. The second-order valence-electron chi connectivity index (χ2n) is 9.90. The molecule has 0 aliphatic rings. The van der Waals surface area contributed by atoms with Crippen LogP contribution in [0.5, 0.6) is 11.5 Å². The smallest absolute Gasteiger partial charge is 0.187 e. The summed E-state index contributed by atoms with van der Waals surface area (Å²) in [5, 5.41) is 25.9. The van der Waals surface area contributed by atoms with Gasteiger partial charge in [-0.1, -0.05) is 88.7 Å². The molecule has 0 saturated carbocycles. The third-order valence-electron chi connectivity index (χ3n) is 6.56. The van der Waals surface area contributed by atoms with Gasteiger partial charge >= 0.3 is 0 Å². The van der Waals surface area contributed by atoms with E-state index in [2.05, 4.69) is 22.4 Å². The van der Waals surface area contributed by atoms with Crippen molar-refractivity contribution in [1.82, 2.24) is 0 Å². The highest BCUT2D eigenvalue weighted by Gasteiger charge is 2.12. The van der Waals surface area contributed by atoms with Gasteiger partial charge in [0.15, 0.2) is 11.4 Å². The highest BCUT2D eigenvalue weighted by molar-refractivity contribution is 6.12. The average Bonchev–Trinajstić information content (AvgIpc) is 3.03. The van der Waals surface area contributed by atoms with E-state index in [4.69, 9.17) is 19.1 Å². The Balaban J connectivity index is 0.000000240. The van der Waals surface area contributed by atoms with E-state index in [1.807, 2.05) is 113 Å². The van der Waals surface area contributed by atoms with Crippen molar-refractivity contribution in [1.29, 1.82) is 10.5 Å². The zero-order valence-corrected chi connectivity index (χ0v) is 25.9. The van der Waals surface area contributed by atoms with Crippen molar-refractivity contribution in [2.45, 2.75) is 40.9 Å². The van der Waals surface area contributed by atoms with E-state index in [0.29, 0.717) is 13.2 Å². The first kappa shape index (κ1) is 32.9. The van der Waals surface area contributed by atoms with Crippen molar-refractivity contribution in [2.75, 3.05) is 14.2 Å². The molecule has 0 heterocycles. The average molecular weight is 589 g/mol. The topological polar surface area (TPSA) is 109 Å². The molecule has 0 radical (unpaired) electrons. The van der Waals surface area contributed by atoms with Crippen molar-refractivity contribution < 1.29 is 19.1 Å². The van der Waals surface area contributed by atoms with Crippen LogP contribution in [-0.4, -0.2) is 25.6 Å². The van der Waals surface area contributed by atoms with Gasteiger partial charge in [-0.2, -0.15) is 10.5 Å². The maximum Gasteiger partial charge on any atom is 0.187 e. The lowest BCUT2D eigenvalue weighted by atomic mass is 10.0. The van der Waals surface area contributed by atoms with Crippen molar-refractivity contribution in [3.63, 3.8) is 0 Å². The molecule has 0 saturated heterocycles. The van der Waals surface area contributed by atoms with Crippen molar-refractivity contribution in [2.24, 2.45) is 10.3 Å². The van der Waals surface area contributed by atoms with Crippen molar-refractivity contribution in [3.05, 3.63) is 129 Å². The second kappa shape index (κ2) is 16.7. The number of nitrogens with zero attached hydrogens (tertiary/aromatic N) is 4. The summed E-state index contributed by atoms with van der Waals surface area (Å²) in [7, 11) is 2.85. The molecule has 224 valence electrons. The van der Waals surface area contributed by atoms with Gasteiger partial charge in [0.25, 0.3) is 0 Å². The number of oxime groups is 2. The molecule has 0 aliphatic heterocycles. The Hall–Kier alpha value is -5.60. The van der Waals surface area contributed by atoms with Crippen LogP contribution in [0, 0.1) is 50.4 Å². The predicted octanol–water partition coefficient (Wildman–Crippen LogP) is 7.51. The standard InChI is InChI=1S/2C18H18N2O2/c1-13-8-9-18(14(2)10-13)22-12-15-6-4-5-7-16(15)17(11-19)20-21-3;1-13-8-9-14(2)18(10-13)22-12-15-6-4-5-7-16(15)17(11-19)20-21-3/h2*4-10H,12H2,1-3H3/b2*20-17-. The van der Waals surface area contributed by atoms with Crippen LogP contribution in [0.15, 0.2) is 95.2 Å². The SMILES string of the molecule is CO/N=C(/C#N)c1ccccc1COc1cc(C)ccc1C.CO/N=C(/C#N)c1ccccc1COc1ccc(C)cc1C. The van der Waals surface area contributed by atoms with E-state index in [-0.39, 0.29) is 11.4 Å². The van der Waals surface area contributed by atoms with Crippen LogP contribution in [0.25, 0.3) is 0 Å². The van der Waals surface area contributed by atoms with Gasteiger partial charge in [0, 0.05) is 11.1 Å². The Morgan fingerprint density at radius 3 is 1.57 bits per heavy atom. The molecular weight excluding hydrogens is 552 g/mol. The molecule has 0 unspecified atom stereocenters. The van der Waals surface area contributed by atoms with E-state index >= 15 is 0 Å². The number of hydrogen-bond acceptors (Lipinski definition) is 8. The third kappa shape index (κ3) is 9.20. The zero-order chi connectivity index (χ0) is 31.9. The molecule has 0 fully saturated rings. The minimum Gasteiger partial charge on any atom is -0.489 e. The summed E-state index contributed by atoms with van der Waals surface area (Å²) in [6.07, 6.45) is 0. The first-order chi connectivity index (χ1) is 21.3. The van der Waals surface area contributed by atoms with Gasteiger partial charge in [0.05, 0.1) is 0 Å². The number of hydrogen-bond donors (Lipinski definition) is 0. The second-order valence-corrected chi connectivity index (χ2v) is 9.90. The van der Waals surface area contributed by atoms with E-state index in [1.54, 1.807) is 0 Å². The molecule has 0 amide bonds. The Morgan fingerprint density at radius 1 is 0.591 bits per heavy atom. The third-order valence-corrected chi connectivity index (χ3v) is 6.56. The van der Waals surface area contributed by atoms with Crippen LogP contribution < -0.4 is 9.47 Å². The number of ether oxygens (including phenoxy) is 2. The van der Waals surface area contributed by atoms with Gasteiger partial charge in [0.1, 0.15) is 51.1 Å². The minimum atomic E-state index is 0.238. The highest BCUT2D eigenvalue weighted by atomic mass is 16.6. The van der Waals surface area contributed by atoms with Crippen LogP contribution in [0.3, 0.4) is 0 Å². The zero-order valence-electron chi connectivity index (χ0n) is 25.9. The maximum atomic E-state index is 9.20. The Kier molecular flexibility index (Phi) is 12.5. The number of aryl methyl sites for hydroxylation is 4. The van der Waals surface area contributed by atoms with Gasteiger partial charge in [-0.05, 0) is 67.6 Å². The van der Waals surface area contributed by atoms with Crippen molar-refractivity contribution in [3.8, 4) is 23.6 Å². The molecule has 8 heteroatoms. The molecule has 44 heavy (non-hydrogen) atoms. The van der Waals surface area contributed by atoms with Crippen LogP contribution in [0.2, 0.25) is 0 Å². The lowest BCUT2D eigenvalue weighted by Gasteiger charge is -2.12. The van der Waals surface area contributed by atoms with Crippen LogP contribution in [0.1, 0.15) is 44.5 Å². The predicted molar refractivity (Wildman–Crippen MR) is 172 cm³/mol. The summed E-state index contributed by atoms with van der Waals surface area (Å²) < 4.78 is 11.8.